The first-order valence-corrected chi connectivity index (χ1v) is 7.26. The van der Waals surface area contributed by atoms with Gasteiger partial charge in [0.25, 0.3) is 0 Å². The molecule has 1 fully saturated rings. The third-order valence-corrected chi connectivity index (χ3v) is 3.93. The molecule has 1 rings (SSSR count). The highest BCUT2D eigenvalue weighted by Crippen LogP contribution is 2.32. The van der Waals surface area contributed by atoms with Crippen LogP contribution in [0.2, 0.25) is 0 Å². The van der Waals surface area contributed by atoms with Gasteiger partial charge in [0.1, 0.15) is 5.60 Å². The lowest BCUT2D eigenvalue weighted by Crippen LogP contribution is -2.24. The number of aliphatic hydroxyl groups is 1. The Balaban J connectivity index is 2.29. The number of hydrogen-bond acceptors (Lipinski definition) is 2. The second-order valence-electron chi connectivity index (χ2n) is 6.48. The smallest absolute Gasteiger partial charge is 0.122 e. The van der Waals surface area contributed by atoms with Crippen molar-refractivity contribution in [2.24, 2.45) is 11.8 Å². The van der Waals surface area contributed by atoms with Crippen LogP contribution in [0.25, 0.3) is 0 Å². The normalized spacial score (nSPS) is 27.4. The van der Waals surface area contributed by atoms with Crippen LogP contribution in [0.3, 0.4) is 0 Å². The van der Waals surface area contributed by atoms with Gasteiger partial charge >= 0.3 is 0 Å². The van der Waals surface area contributed by atoms with Crippen LogP contribution in [0.1, 0.15) is 52.4 Å². The average molecular weight is 251 g/mol. The molecule has 1 atom stereocenters. The summed E-state index contributed by atoms with van der Waals surface area (Å²) in [7, 11) is 3.99. The van der Waals surface area contributed by atoms with Crippen LogP contribution in [-0.2, 0) is 0 Å². The van der Waals surface area contributed by atoms with E-state index in [0.717, 1.165) is 31.2 Å². The van der Waals surface area contributed by atoms with E-state index in [1.807, 2.05) is 25.9 Å². The topological polar surface area (TPSA) is 23.5 Å². The Morgan fingerprint density at radius 1 is 1.22 bits per heavy atom. The van der Waals surface area contributed by atoms with Gasteiger partial charge in [-0.05, 0) is 45.7 Å². The van der Waals surface area contributed by atoms with Crippen LogP contribution in [0.5, 0.6) is 0 Å². The van der Waals surface area contributed by atoms with Gasteiger partial charge in [0.2, 0.25) is 0 Å². The van der Waals surface area contributed by atoms with Gasteiger partial charge in [-0.2, -0.15) is 0 Å². The molecule has 0 heterocycles. The van der Waals surface area contributed by atoms with Crippen LogP contribution >= 0.6 is 0 Å². The predicted molar refractivity (Wildman–Crippen MR) is 77.3 cm³/mol. The number of rotatable bonds is 4. The van der Waals surface area contributed by atoms with Gasteiger partial charge in [-0.15, -0.1) is 0 Å². The Hall–Kier alpha value is -0.520. The summed E-state index contributed by atoms with van der Waals surface area (Å²) in [6, 6.07) is 0. The molecule has 0 radical (unpaired) electrons. The largest absolute Gasteiger partial charge is 0.378 e. The summed E-state index contributed by atoms with van der Waals surface area (Å²) >= 11 is 0. The zero-order valence-corrected chi connectivity index (χ0v) is 12.5. The van der Waals surface area contributed by atoms with Crippen LogP contribution in [0.15, 0.2) is 0 Å². The van der Waals surface area contributed by atoms with E-state index in [1.54, 1.807) is 0 Å². The summed E-state index contributed by atoms with van der Waals surface area (Å²) in [6.07, 6.45) is 7.33. The summed E-state index contributed by atoms with van der Waals surface area (Å²) in [4.78, 5) is 2.02. The summed E-state index contributed by atoms with van der Waals surface area (Å²) in [5, 5.41) is 10.2. The molecule has 0 aliphatic heterocycles. The lowest BCUT2D eigenvalue weighted by atomic mass is 9.79. The molecule has 0 bridgehead atoms. The molecule has 1 N–H and O–H groups in total. The SMILES string of the molecule is CC1CCC(CC[C@@](C)(O)C#CCN(C)C)CC1. The van der Waals surface area contributed by atoms with Gasteiger partial charge in [-0.3, -0.25) is 4.90 Å². The minimum absolute atomic E-state index is 0.719. The van der Waals surface area contributed by atoms with Gasteiger partial charge in [0, 0.05) is 0 Å². The second kappa shape index (κ2) is 7.16. The van der Waals surface area contributed by atoms with Crippen molar-refractivity contribution in [2.45, 2.75) is 58.0 Å². The van der Waals surface area contributed by atoms with Crippen molar-refractivity contribution in [2.75, 3.05) is 20.6 Å². The van der Waals surface area contributed by atoms with Crippen molar-refractivity contribution in [3.8, 4) is 11.8 Å². The summed E-state index contributed by atoms with van der Waals surface area (Å²) < 4.78 is 0. The van der Waals surface area contributed by atoms with Gasteiger partial charge < -0.3 is 5.11 Å². The van der Waals surface area contributed by atoms with E-state index in [4.69, 9.17) is 0 Å². The second-order valence-corrected chi connectivity index (χ2v) is 6.48. The molecule has 1 aliphatic carbocycles. The molecule has 1 aliphatic rings. The number of nitrogens with zero attached hydrogens (tertiary/aromatic N) is 1. The van der Waals surface area contributed by atoms with Gasteiger partial charge in [-0.1, -0.05) is 44.4 Å². The fourth-order valence-corrected chi connectivity index (χ4v) is 2.55. The maximum Gasteiger partial charge on any atom is 0.122 e. The summed E-state index contributed by atoms with van der Waals surface area (Å²) in [5.41, 5.74) is -0.806. The van der Waals surface area contributed by atoms with Gasteiger partial charge in [-0.25, -0.2) is 0 Å². The molecular weight excluding hydrogens is 222 g/mol. The zero-order valence-electron chi connectivity index (χ0n) is 12.5. The molecule has 0 saturated heterocycles. The van der Waals surface area contributed by atoms with Crippen LogP contribution in [-0.4, -0.2) is 36.2 Å². The molecule has 2 heteroatoms. The first kappa shape index (κ1) is 15.5. The van der Waals surface area contributed by atoms with Crippen LogP contribution in [0, 0.1) is 23.7 Å². The van der Waals surface area contributed by atoms with Crippen LogP contribution < -0.4 is 0 Å². The number of hydrogen-bond donors (Lipinski definition) is 1. The average Bonchev–Trinajstić information content (AvgIpc) is 2.27. The zero-order chi connectivity index (χ0) is 13.6. The molecule has 0 aromatic rings. The molecule has 0 amide bonds. The maximum atomic E-state index is 10.2. The van der Waals surface area contributed by atoms with Crippen molar-refractivity contribution in [1.82, 2.24) is 4.90 Å². The minimum Gasteiger partial charge on any atom is -0.378 e. The van der Waals surface area contributed by atoms with E-state index in [2.05, 4.69) is 18.8 Å². The third-order valence-electron chi connectivity index (χ3n) is 3.93. The van der Waals surface area contributed by atoms with E-state index in [-0.39, 0.29) is 0 Å². The Kier molecular flexibility index (Phi) is 6.18. The molecule has 2 nitrogen and oxygen atoms in total. The minimum atomic E-state index is -0.806. The quantitative estimate of drug-likeness (QED) is 0.777. The lowest BCUT2D eigenvalue weighted by Gasteiger charge is -2.28. The van der Waals surface area contributed by atoms with Crippen molar-refractivity contribution >= 4 is 0 Å². The van der Waals surface area contributed by atoms with E-state index < -0.39 is 5.60 Å². The fourth-order valence-electron chi connectivity index (χ4n) is 2.55. The molecule has 104 valence electrons. The highest BCUT2D eigenvalue weighted by molar-refractivity contribution is 5.12. The Morgan fingerprint density at radius 3 is 2.39 bits per heavy atom. The van der Waals surface area contributed by atoms with Gasteiger partial charge in [0.15, 0.2) is 0 Å². The molecule has 18 heavy (non-hydrogen) atoms. The van der Waals surface area contributed by atoms with Crippen LogP contribution in [0.4, 0.5) is 0 Å². The Bertz CT molecular complexity index is 290. The highest BCUT2D eigenvalue weighted by Gasteiger charge is 2.22. The fraction of sp³-hybridized carbons (Fsp3) is 0.875. The monoisotopic (exact) mass is 251 g/mol. The van der Waals surface area contributed by atoms with E-state index in [9.17, 15) is 5.11 Å². The van der Waals surface area contributed by atoms with E-state index in [1.165, 1.54) is 25.7 Å². The van der Waals surface area contributed by atoms with Crippen molar-refractivity contribution in [1.29, 1.82) is 0 Å². The molecule has 0 aromatic carbocycles. The van der Waals surface area contributed by atoms with E-state index >= 15 is 0 Å². The Morgan fingerprint density at radius 2 is 1.83 bits per heavy atom. The standard InChI is InChI=1S/C16H29NO/c1-14-6-8-15(9-7-14)10-12-16(2,18)11-5-13-17(3)4/h14-15,18H,6-10,12-13H2,1-4H3/t14?,15?,16-/m0/s1. The third kappa shape index (κ3) is 6.42. The summed E-state index contributed by atoms with van der Waals surface area (Å²) in [5.74, 6) is 7.76. The predicted octanol–water partition coefficient (Wildman–Crippen LogP) is 2.91. The molecule has 1 saturated carbocycles. The van der Waals surface area contributed by atoms with Gasteiger partial charge in [0.05, 0.1) is 6.54 Å². The lowest BCUT2D eigenvalue weighted by molar-refractivity contribution is 0.0983. The molecule has 0 unspecified atom stereocenters. The highest BCUT2D eigenvalue weighted by atomic mass is 16.3. The first-order chi connectivity index (χ1) is 8.39. The first-order valence-electron chi connectivity index (χ1n) is 7.26. The van der Waals surface area contributed by atoms with Crippen molar-refractivity contribution in [3.63, 3.8) is 0 Å². The maximum absolute atomic E-state index is 10.2. The van der Waals surface area contributed by atoms with Crippen molar-refractivity contribution < 1.29 is 5.11 Å². The molecular formula is C16H29NO. The summed E-state index contributed by atoms with van der Waals surface area (Å²) in [6.45, 7) is 4.91. The molecule has 0 spiro atoms. The molecule has 0 aromatic heterocycles. The van der Waals surface area contributed by atoms with E-state index in [0.29, 0.717) is 0 Å². The van der Waals surface area contributed by atoms with Crippen molar-refractivity contribution in [3.05, 3.63) is 0 Å². The Labute approximate surface area is 113 Å².